The predicted molar refractivity (Wildman–Crippen MR) is 68.0 cm³/mol. The van der Waals surface area contributed by atoms with E-state index in [2.05, 4.69) is 26.0 Å². The number of ketones is 1. The summed E-state index contributed by atoms with van der Waals surface area (Å²) in [5.74, 6) is -0.111. The first kappa shape index (κ1) is 12.0. The lowest BCUT2D eigenvalue weighted by atomic mass is 10.1. The Bertz CT molecular complexity index is 563. The van der Waals surface area contributed by atoms with Gasteiger partial charge in [-0.05, 0) is 47.5 Å². The minimum Gasteiger partial charge on any atom is -0.285 e. The molecule has 0 unspecified atom stereocenters. The molecule has 88 valence electrons. The second-order valence-corrected chi connectivity index (χ2v) is 4.56. The van der Waals surface area contributed by atoms with E-state index in [9.17, 15) is 4.79 Å². The molecule has 0 spiro atoms. The van der Waals surface area contributed by atoms with Crippen LogP contribution in [0.3, 0.4) is 0 Å². The lowest BCUT2D eigenvalue weighted by Gasteiger charge is -2.04. The molecule has 0 aliphatic rings. The Morgan fingerprint density at radius 2 is 2.29 bits per heavy atom. The van der Waals surface area contributed by atoms with E-state index in [0.29, 0.717) is 22.4 Å². The van der Waals surface area contributed by atoms with Crippen molar-refractivity contribution >= 4 is 21.7 Å². The lowest BCUT2D eigenvalue weighted by molar-refractivity contribution is 0.102. The van der Waals surface area contributed by atoms with Crippen LogP contribution in [0.5, 0.6) is 0 Å². The average molecular weight is 294 g/mol. The van der Waals surface area contributed by atoms with Gasteiger partial charge >= 0.3 is 0 Å². The number of pyridine rings is 1. The second-order valence-electron chi connectivity index (χ2n) is 3.70. The Hall–Kier alpha value is -1.49. The van der Waals surface area contributed by atoms with E-state index in [4.69, 9.17) is 0 Å². The molecule has 0 saturated heterocycles. The molecular weight excluding hydrogens is 282 g/mol. The number of carbonyl (C=O) groups is 1. The van der Waals surface area contributed by atoms with Gasteiger partial charge in [0, 0.05) is 12.7 Å². The van der Waals surface area contributed by atoms with Crippen molar-refractivity contribution in [2.75, 3.05) is 0 Å². The first-order chi connectivity index (χ1) is 8.13. The average Bonchev–Trinajstić information content (AvgIpc) is 2.69. The Morgan fingerprint density at radius 3 is 2.94 bits per heavy atom. The molecule has 0 N–H and O–H groups in total. The van der Waals surface area contributed by atoms with E-state index >= 15 is 0 Å². The van der Waals surface area contributed by atoms with Crippen molar-refractivity contribution in [2.45, 2.75) is 20.4 Å². The van der Waals surface area contributed by atoms with E-state index in [-0.39, 0.29) is 5.78 Å². The van der Waals surface area contributed by atoms with Crippen molar-refractivity contribution in [3.63, 3.8) is 0 Å². The SMILES string of the molecule is CCn1ncc(Br)c1C(=O)c1cc(C)ccn1. The molecule has 0 saturated carbocycles. The van der Waals surface area contributed by atoms with Crippen molar-refractivity contribution in [1.82, 2.24) is 14.8 Å². The van der Waals surface area contributed by atoms with Crippen LogP contribution in [0.25, 0.3) is 0 Å². The molecule has 17 heavy (non-hydrogen) atoms. The Kier molecular flexibility index (Phi) is 3.38. The fourth-order valence-corrected chi connectivity index (χ4v) is 2.09. The van der Waals surface area contributed by atoms with E-state index < -0.39 is 0 Å². The van der Waals surface area contributed by atoms with Crippen LogP contribution in [0, 0.1) is 6.92 Å². The summed E-state index contributed by atoms with van der Waals surface area (Å²) < 4.78 is 2.36. The predicted octanol–water partition coefficient (Wildman–Crippen LogP) is 2.60. The third kappa shape index (κ3) is 2.29. The number of aromatic nitrogens is 3. The molecule has 0 aliphatic carbocycles. The Balaban J connectivity index is 2.47. The highest BCUT2D eigenvalue weighted by Gasteiger charge is 2.19. The van der Waals surface area contributed by atoms with Crippen molar-refractivity contribution in [3.05, 3.63) is 46.0 Å². The van der Waals surface area contributed by atoms with Crippen molar-refractivity contribution in [1.29, 1.82) is 0 Å². The van der Waals surface area contributed by atoms with Gasteiger partial charge in [-0.15, -0.1) is 0 Å². The molecule has 0 amide bonds. The fraction of sp³-hybridized carbons (Fsp3) is 0.250. The summed E-state index contributed by atoms with van der Waals surface area (Å²) in [5, 5.41) is 4.12. The topological polar surface area (TPSA) is 47.8 Å². The van der Waals surface area contributed by atoms with Gasteiger partial charge in [-0.2, -0.15) is 5.10 Å². The van der Waals surface area contributed by atoms with Gasteiger partial charge in [0.15, 0.2) is 0 Å². The summed E-state index contributed by atoms with van der Waals surface area (Å²) in [6.45, 7) is 4.53. The quantitative estimate of drug-likeness (QED) is 0.817. The van der Waals surface area contributed by atoms with Crippen LogP contribution in [-0.4, -0.2) is 20.5 Å². The maximum Gasteiger partial charge on any atom is 0.230 e. The molecule has 0 bridgehead atoms. The van der Waals surface area contributed by atoms with Crippen LogP contribution in [-0.2, 0) is 6.54 Å². The van der Waals surface area contributed by atoms with Crippen LogP contribution in [0.2, 0.25) is 0 Å². The summed E-state index contributed by atoms with van der Waals surface area (Å²) in [6, 6.07) is 3.64. The number of aryl methyl sites for hydroxylation is 2. The number of nitrogens with zero attached hydrogens (tertiary/aromatic N) is 3. The van der Waals surface area contributed by atoms with E-state index in [1.807, 2.05) is 19.9 Å². The summed E-state index contributed by atoms with van der Waals surface area (Å²) in [4.78, 5) is 16.4. The number of hydrogen-bond donors (Lipinski definition) is 0. The Morgan fingerprint density at radius 1 is 1.53 bits per heavy atom. The maximum atomic E-state index is 12.3. The number of halogens is 1. The third-order valence-corrected chi connectivity index (χ3v) is 3.04. The van der Waals surface area contributed by atoms with E-state index in [1.165, 1.54) is 0 Å². The van der Waals surface area contributed by atoms with Crippen LogP contribution in [0.1, 0.15) is 28.7 Å². The smallest absolute Gasteiger partial charge is 0.230 e. The third-order valence-electron chi connectivity index (χ3n) is 2.46. The summed E-state index contributed by atoms with van der Waals surface area (Å²) in [6.07, 6.45) is 3.27. The zero-order chi connectivity index (χ0) is 12.4. The zero-order valence-corrected chi connectivity index (χ0v) is 11.2. The fourth-order valence-electron chi connectivity index (χ4n) is 1.61. The highest BCUT2D eigenvalue weighted by atomic mass is 79.9. The minimum atomic E-state index is -0.111. The first-order valence-corrected chi connectivity index (χ1v) is 6.11. The largest absolute Gasteiger partial charge is 0.285 e. The highest BCUT2D eigenvalue weighted by Crippen LogP contribution is 2.19. The molecule has 0 aromatic carbocycles. The van der Waals surface area contributed by atoms with Crippen LogP contribution >= 0.6 is 15.9 Å². The molecule has 2 rings (SSSR count). The monoisotopic (exact) mass is 293 g/mol. The molecule has 0 atom stereocenters. The molecule has 2 heterocycles. The highest BCUT2D eigenvalue weighted by molar-refractivity contribution is 9.10. The van der Waals surface area contributed by atoms with Crippen molar-refractivity contribution in [3.8, 4) is 0 Å². The van der Waals surface area contributed by atoms with Gasteiger partial charge in [0.05, 0.1) is 10.7 Å². The lowest BCUT2D eigenvalue weighted by Crippen LogP contribution is -2.12. The molecule has 0 fully saturated rings. The summed E-state index contributed by atoms with van der Waals surface area (Å²) in [5.41, 5.74) is 2.01. The molecule has 2 aromatic rings. The maximum absolute atomic E-state index is 12.3. The van der Waals surface area contributed by atoms with E-state index in [0.717, 1.165) is 5.56 Å². The number of carbonyl (C=O) groups excluding carboxylic acids is 1. The van der Waals surface area contributed by atoms with E-state index in [1.54, 1.807) is 23.1 Å². The van der Waals surface area contributed by atoms with Crippen molar-refractivity contribution in [2.24, 2.45) is 0 Å². The van der Waals surface area contributed by atoms with Gasteiger partial charge in [0.25, 0.3) is 0 Å². The number of rotatable bonds is 3. The molecule has 0 aliphatic heterocycles. The molecule has 0 radical (unpaired) electrons. The van der Waals surface area contributed by atoms with Gasteiger partial charge < -0.3 is 0 Å². The van der Waals surface area contributed by atoms with Crippen molar-refractivity contribution < 1.29 is 4.79 Å². The van der Waals surface area contributed by atoms with Crippen LogP contribution < -0.4 is 0 Å². The number of hydrogen-bond acceptors (Lipinski definition) is 3. The van der Waals surface area contributed by atoms with Gasteiger partial charge in [0.1, 0.15) is 11.4 Å². The second kappa shape index (κ2) is 4.79. The van der Waals surface area contributed by atoms with Crippen LogP contribution in [0.4, 0.5) is 0 Å². The normalized spacial score (nSPS) is 10.5. The van der Waals surface area contributed by atoms with Gasteiger partial charge in [-0.3, -0.25) is 14.5 Å². The molecule has 5 heteroatoms. The molecule has 4 nitrogen and oxygen atoms in total. The van der Waals surface area contributed by atoms with Crippen LogP contribution in [0.15, 0.2) is 29.0 Å². The van der Waals surface area contributed by atoms with Gasteiger partial charge in [-0.1, -0.05) is 0 Å². The molecule has 2 aromatic heterocycles. The summed E-state index contributed by atoms with van der Waals surface area (Å²) >= 11 is 3.34. The van der Waals surface area contributed by atoms with Gasteiger partial charge in [-0.25, -0.2) is 0 Å². The minimum absolute atomic E-state index is 0.111. The zero-order valence-electron chi connectivity index (χ0n) is 9.64. The Labute approximate surface area is 108 Å². The standard InChI is InChI=1S/C12H12BrN3O/c1-3-16-11(9(13)7-15-16)12(17)10-6-8(2)4-5-14-10/h4-7H,3H2,1-2H3. The molecular formula is C12H12BrN3O. The van der Waals surface area contributed by atoms with Gasteiger partial charge in [0.2, 0.25) is 5.78 Å². The first-order valence-electron chi connectivity index (χ1n) is 5.32. The summed E-state index contributed by atoms with van der Waals surface area (Å²) in [7, 11) is 0.